The molecule has 4 atom stereocenters. The molecule has 10 heteroatoms. The average molecular weight is 592 g/mol. The van der Waals surface area contributed by atoms with Gasteiger partial charge in [-0.1, -0.05) is 38.0 Å². The van der Waals surface area contributed by atoms with Gasteiger partial charge in [-0.15, -0.1) is 0 Å². The maximum Gasteiger partial charge on any atom is 0.387 e. The van der Waals surface area contributed by atoms with E-state index in [4.69, 9.17) is 0 Å². The summed E-state index contributed by atoms with van der Waals surface area (Å²) in [5.74, 6) is 2.11. The second-order valence-corrected chi connectivity index (χ2v) is 12.7. The summed E-state index contributed by atoms with van der Waals surface area (Å²) < 4.78 is 44.8. The van der Waals surface area contributed by atoms with Gasteiger partial charge in [0.05, 0.1) is 11.8 Å². The second kappa shape index (κ2) is 15.2. The molecule has 2 fully saturated rings. The zero-order valence-corrected chi connectivity index (χ0v) is 25.2. The maximum atomic E-state index is 14.7. The Morgan fingerprint density at radius 2 is 1.79 bits per heavy atom. The van der Waals surface area contributed by atoms with Crippen molar-refractivity contribution in [2.75, 3.05) is 23.7 Å². The normalized spacial score (nSPS) is 27.0. The summed E-state index contributed by atoms with van der Waals surface area (Å²) in [5.41, 5.74) is 0.0177. The maximum absolute atomic E-state index is 14.7. The van der Waals surface area contributed by atoms with Gasteiger partial charge >= 0.3 is 6.61 Å². The third-order valence-electron chi connectivity index (χ3n) is 9.18. The number of ether oxygens (including phenoxy) is 1. The molecule has 1 heterocycles. The van der Waals surface area contributed by atoms with Crippen molar-refractivity contribution in [2.24, 2.45) is 23.7 Å². The zero-order chi connectivity index (χ0) is 30.1. The number of aromatic nitrogens is 2. The molecule has 1 aromatic heterocycles. The highest BCUT2D eigenvalue weighted by atomic mass is 19.3. The standard InChI is InChI=1S/C32H48F3N5O2/c1-4-7-23-14-24(16-26(15-23)21(2)36-17-22-10-12-32(3,41)13-11-22)18-37-29-27(33)20-39-31(40-29)38-19-25-8-5-6-9-28(25)42-30(34)35/h5-6,8-9,20-24,26,30,36,41H,4,7,10-19H2,1-3H3,(H2,37,38,39,40)/t21-,22?,23?,24+,26+,32?/m0/s1. The first-order valence-corrected chi connectivity index (χ1v) is 15.6. The minimum absolute atomic E-state index is 0.0737. The minimum Gasteiger partial charge on any atom is -0.434 e. The van der Waals surface area contributed by atoms with Gasteiger partial charge in [0.25, 0.3) is 0 Å². The van der Waals surface area contributed by atoms with Gasteiger partial charge in [-0.2, -0.15) is 13.8 Å². The molecule has 0 radical (unpaired) electrons. The molecule has 0 bridgehead atoms. The van der Waals surface area contributed by atoms with E-state index in [1.807, 2.05) is 6.92 Å². The predicted molar refractivity (Wildman–Crippen MR) is 160 cm³/mol. The van der Waals surface area contributed by atoms with Crippen molar-refractivity contribution in [3.05, 3.63) is 41.8 Å². The van der Waals surface area contributed by atoms with Crippen LogP contribution in [0.15, 0.2) is 30.5 Å². The van der Waals surface area contributed by atoms with E-state index in [1.54, 1.807) is 18.2 Å². The van der Waals surface area contributed by atoms with Gasteiger partial charge in [-0.05, 0) is 95.1 Å². The summed E-state index contributed by atoms with van der Waals surface area (Å²) in [4.78, 5) is 8.37. The van der Waals surface area contributed by atoms with Crippen molar-refractivity contribution in [1.82, 2.24) is 15.3 Å². The lowest BCUT2D eigenvalue weighted by Gasteiger charge is -2.39. The largest absolute Gasteiger partial charge is 0.434 e. The van der Waals surface area contributed by atoms with Gasteiger partial charge in [-0.25, -0.2) is 9.37 Å². The number of halogens is 3. The van der Waals surface area contributed by atoms with Crippen LogP contribution < -0.4 is 20.7 Å². The number of nitrogens with one attached hydrogen (secondary N) is 3. The van der Waals surface area contributed by atoms with Crippen LogP contribution >= 0.6 is 0 Å². The van der Waals surface area contributed by atoms with Crippen molar-refractivity contribution in [3.8, 4) is 5.75 Å². The van der Waals surface area contributed by atoms with Crippen LogP contribution in [0.1, 0.15) is 84.1 Å². The first-order chi connectivity index (χ1) is 20.1. The Bertz CT molecular complexity index is 1110. The fraction of sp³-hybridized carbons (Fsp3) is 0.688. The monoisotopic (exact) mass is 591 g/mol. The van der Waals surface area contributed by atoms with Crippen molar-refractivity contribution >= 4 is 11.8 Å². The number of benzene rings is 1. The summed E-state index contributed by atoms with van der Waals surface area (Å²) in [6, 6.07) is 6.91. The van der Waals surface area contributed by atoms with Gasteiger partial charge in [0.1, 0.15) is 5.75 Å². The molecule has 2 saturated carbocycles. The lowest BCUT2D eigenvalue weighted by molar-refractivity contribution is -0.0504. The van der Waals surface area contributed by atoms with Gasteiger partial charge in [0.15, 0.2) is 11.6 Å². The Labute approximate surface area is 248 Å². The van der Waals surface area contributed by atoms with E-state index in [0.29, 0.717) is 41.8 Å². The molecular formula is C32H48F3N5O2. The SMILES string of the molecule is CCCC1C[C@@H](CNc2nc(NCc3ccccc3OC(F)F)ncc2F)C[C@H]([C@H](C)NCC2CCC(C)(O)CC2)C1. The number of aliphatic hydroxyl groups is 1. The van der Waals surface area contributed by atoms with Gasteiger partial charge in [0.2, 0.25) is 5.95 Å². The molecular weight excluding hydrogens is 543 g/mol. The lowest BCUT2D eigenvalue weighted by Crippen LogP contribution is -2.42. The molecule has 0 spiro atoms. The van der Waals surface area contributed by atoms with Crippen molar-refractivity contribution in [2.45, 2.75) is 103 Å². The molecule has 1 aromatic carbocycles. The van der Waals surface area contributed by atoms with Crippen molar-refractivity contribution in [1.29, 1.82) is 0 Å². The van der Waals surface area contributed by atoms with E-state index in [-0.39, 0.29) is 24.1 Å². The zero-order valence-electron chi connectivity index (χ0n) is 25.2. The lowest BCUT2D eigenvalue weighted by atomic mass is 9.71. The minimum atomic E-state index is -2.92. The summed E-state index contributed by atoms with van der Waals surface area (Å²) in [6.07, 6.45) is 10.8. The highest BCUT2D eigenvalue weighted by molar-refractivity contribution is 5.42. The van der Waals surface area contributed by atoms with E-state index in [9.17, 15) is 18.3 Å². The average Bonchev–Trinajstić information content (AvgIpc) is 2.96. The second-order valence-electron chi connectivity index (χ2n) is 12.7. The van der Waals surface area contributed by atoms with E-state index in [0.717, 1.165) is 57.7 Å². The van der Waals surface area contributed by atoms with Crippen molar-refractivity contribution in [3.63, 3.8) is 0 Å². The number of hydrogen-bond donors (Lipinski definition) is 4. The Morgan fingerprint density at radius 1 is 1.05 bits per heavy atom. The van der Waals surface area contributed by atoms with Crippen LogP contribution in [0.2, 0.25) is 0 Å². The van der Waals surface area contributed by atoms with Crippen LogP contribution in [0.3, 0.4) is 0 Å². The van der Waals surface area contributed by atoms with Crippen molar-refractivity contribution < 1.29 is 23.0 Å². The third-order valence-corrected chi connectivity index (χ3v) is 9.18. The highest BCUT2D eigenvalue weighted by Crippen LogP contribution is 2.38. The predicted octanol–water partition coefficient (Wildman–Crippen LogP) is 6.99. The molecule has 42 heavy (non-hydrogen) atoms. The Balaban J connectivity index is 1.31. The summed E-state index contributed by atoms with van der Waals surface area (Å²) >= 11 is 0. The number of rotatable bonds is 14. The summed E-state index contributed by atoms with van der Waals surface area (Å²) in [6.45, 7) is 5.34. The number of para-hydroxylation sites is 1. The fourth-order valence-corrected chi connectivity index (χ4v) is 6.71. The molecule has 1 unspecified atom stereocenters. The molecule has 0 aliphatic heterocycles. The Hall–Kier alpha value is -2.59. The topological polar surface area (TPSA) is 91.3 Å². The molecule has 4 rings (SSSR count). The molecule has 234 valence electrons. The molecule has 2 aliphatic carbocycles. The van der Waals surface area contributed by atoms with Gasteiger partial charge in [0, 0.05) is 24.7 Å². The Kier molecular flexibility index (Phi) is 11.7. The van der Waals surface area contributed by atoms with E-state index in [1.165, 1.54) is 18.9 Å². The number of alkyl halides is 2. The molecule has 4 N–H and O–H groups in total. The van der Waals surface area contributed by atoms with Crippen LogP contribution in [0, 0.1) is 29.5 Å². The number of hydrogen-bond acceptors (Lipinski definition) is 7. The van der Waals surface area contributed by atoms with Crippen LogP contribution in [0.25, 0.3) is 0 Å². The van der Waals surface area contributed by atoms with Crippen LogP contribution in [0.4, 0.5) is 24.9 Å². The fourth-order valence-electron chi connectivity index (χ4n) is 6.71. The van der Waals surface area contributed by atoms with E-state index < -0.39 is 18.0 Å². The molecule has 2 aromatic rings. The molecule has 0 amide bonds. The third kappa shape index (κ3) is 9.73. The molecule has 0 saturated heterocycles. The molecule has 7 nitrogen and oxygen atoms in total. The van der Waals surface area contributed by atoms with Gasteiger partial charge < -0.3 is 25.8 Å². The first-order valence-electron chi connectivity index (χ1n) is 15.6. The summed E-state index contributed by atoms with van der Waals surface area (Å²) in [5, 5.41) is 20.3. The molecule has 2 aliphatic rings. The van der Waals surface area contributed by atoms with E-state index in [2.05, 4.69) is 44.5 Å². The van der Waals surface area contributed by atoms with E-state index >= 15 is 0 Å². The van der Waals surface area contributed by atoms with Crippen LogP contribution in [-0.4, -0.2) is 46.4 Å². The number of nitrogens with zero attached hydrogens (tertiary/aromatic N) is 2. The quantitative estimate of drug-likeness (QED) is 0.188. The van der Waals surface area contributed by atoms with Gasteiger partial charge in [-0.3, -0.25) is 0 Å². The highest BCUT2D eigenvalue weighted by Gasteiger charge is 2.33. The summed E-state index contributed by atoms with van der Waals surface area (Å²) in [7, 11) is 0. The number of anilines is 2. The Morgan fingerprint density at radius 3 is 2.52 bits per heavy atom. The van der Waals surface area contributed by atoms with Crippen LogP contribution in [-0.2, 0) is 6.54 Å². The first kappa shape index (κ1) is 32.3. The van der Waals surface area contributed by atoms with Crippen LogP contribution in [0.5, 0.6) is 5.75 Å². The smallest absolute Gasteiger partial charge is 0.387 e.